The van der Waals surface area contributed by atoms with Crippen molar-refractivity contribution >= 4 is 28.6 Å². The third kappa shape index (κ3) is 4.46. The van der Waals surface area contributed by atoms with Gasteiger partial charge in [-0.2, -0.15) is 13.2 Å². The predicted molar refractivity (Wildman–Crippen MR) is 120 cm³/mol. The SMILES string of the molecule is CCCCCN(CCC)c1nn(-c2ccnc3c2C(C(F)(F)F)OC(=O)N3)c2ccccc12. The average molecular weight is 461 g/mol. The van der Waals surface area contributed by atoms with Gasteiger partial charge in [0.2, 0.25) is 6.10 Å². The molecule has 0 saturated carbocycles. The van der Waals surface area contributed by atoms with E-state index in [0.717, 1.165) is 50.0 Å². The molecule has 1 N–H and O–H groups in total. The number of aromatic nitrogens is 3. The molecule has 3 heterocycles. The van der Waals surface area contributed by atoms with E-state index in [9.17, 15) is 18.0 Å². The largest absolute Gasteiger partial charge is 0.431 e. The van der Waals surface area contributed by atoms with Crippen LogP contribution in [0.2, 0.25) is 0 Å². The molecule has 0 spiro atoms. The number of benzene rings is 1. The molecule has 1 aliphatic heterocycles. The second kappa shape index (κ2) is 9.29. The third-order valence-corrected chi connectivity index (χ3v) is 5.59. The fraction of sp³-hybridized carbons (Fsp3) is 0.435. The smallest absolute Gasteiger partial charge is 0.430 e. The van der Waals surface area contributed by atoms with Gasteiger partial charge in [-0.3, -0.25) is 5.32 Å². The van der Waals surface area contributed by atoms with Crippen molar-refractivity contribution in [3.8, 4) is 5.69 Å². The molecule has 0 bridgehead atoms. The van der Waals surface area contributed by atoms with E-state index in [2.05, 4.69) is 33.8 Å². The molecule has 1 atom stereocenters. The van der Waals surface area contributed by atoms with Crippen molar-refractivity contribution in [2.45, 2.75) is 51.8 Å². The molecule has 1 aliphatic rings. The molecule has 1 unspecified atom stereocenters. The summed E-state index contributed by atoms with van der Waals surface area (Å²) in [6.45, 7) is 5.81. The van der Waals surface area contributed by atoms with Crippen molar-refractivity contribution in [2.75, 3.05) is 23.3 Å². The van der Waals surface area contributed by atoms with E-state index < -0.39 is 18.4 Å². The van der Waals surface area contributed by atoms with E-state index in [1.807, 2.05) is 24.3 Å². The summed E-state index contributed by atoms with van der Waals surface area (Å²) in [4.78, 5) is 17.9. The Bertz CT molecular complexity index is 1140. The average Bonchev–Trinajstić information content (AvgIpc) is 3.16. The van der Waals surface area contributed by atoms with Crippen LogP contribution in [-0.2, 0) is 4.74 Å². The number of nitrogens with one attached hydrogen (secondary N) is 1. The number of ether oxygens (including phenoxy) is 1. The Kier molecular flexibility index (Phi) is 6.44. The molecule has 0 aliphatic carbocycles. The van der Waals surface area contributed by atoms with Crippen molar-refractivity contribution in [2.24, 2.45) is 0 Å². The van der Waals surface area contributed by atoms with Crippen molar-refractivity contribution in [3.63, 3.8) is 0 Å². The number of alkyl halides is 3. The van der Waals surface area contributed by atoms with Gasteiger partial charge in [0.25, 0.3) is 0 Å². The summed E-state index contributed by atoms with van der Waals surface area (Å²) < 4.78 is 47.7. The summed E-state index contributed by atoms with van der Waals surface area (Å²) in [6, 6.07) is 8.91. The first-order chi connectivity index (χ1) is 15.8. The fourth-order valence-electron chi connectivity index (χ4n) is 4.14. The number of anilines is 2. The van der Waals surface area contributed by atoms with Gasteiger partial charge >= 0.3 is 12.3 Å². The Morgan fingerprint density at radius 3 is 2.64 bits per heavy atom. The van der Waals surface area contributed by atoms with Gasteiger partial charge in [0, 0.05) is 24.7 Å². The van der Waals surface area contributed by atoms with E-state index in [1.54, 1.807) is 0 Å². The lowest BCUT2D eigenvalue weighted by Gasteiger charge is -2.28. The van der Waals surface area contributed by atoms with Gasteiger partial charge in [0.05, 0.1) is 16.8 Å². The van der Waals surface area contributed by atoms with E-state index in [1.165, 1.54) is 16.9 Å². The molecule has 0 fully saturated rings. The first kappa shape index (κ1) is 22.9. The molecule has 1 amide bonds. The minimum Gasteiger partial charge on any atom is -0.431 e. The van der Waals surface area contributed by atoms with Crippen LogP contribution in [0.3, 0.4) is 0 Å². The van der Waals surface area contributed by atoms with Crippen molar-refractivity contribution in [1.82, 2.24) is 14.8 Å². The summed E-state index contributed by atoms with van der Waals surface area (Å²) in [5.41, 5.74) is 0.558. The standard InChI is InChI=1S/C23H26F3N5O2/c1-3-5-8-14-30(13-4-2)21-15-9-6-7-10-16(15)31(29-21)17-11-12-27-20-18(17)19(23(24,25)26)33-22(32)28-20/h6-7,9-12,19H,3-5,8,13-14H2,1-2H3,(H,27,28,32). The van der Waals surface area contributed by atoms with E-state index in [-0.39, 0.29) is 17.1 Å². The molecule has 2 aromatic heterocycles. The van der Waals surface area contributed by atoms with Crippen molar-refractivity contribution in [1.29, 1.82) is 0 Å². The number of unbranched alkanes of at least 4 members (excludes halogenated alkanes) is 2. The normalized spacial score (nSPS) is 15.8. The number of hydrogen-bond acceptors (Lipinski definition) is 5. The number of rotatable bonds is 8. The Morgan fingerprint density at radius 2 is 1.91 bits per heavy atom. The number of halogens is 3. The van der Waals surface area contributed by atoms with E-state index in [4.69, 9.17) is 5.10 Å². The van der Waals surface area contributed by atoms with E-state index >= 15 is 0 Å². The number of fused-ring (bicyclic) bond motifs is 2. The van der Waals surface area contributed by atoms with Gasteiger partial charge in [-0.15, -0.1) is 5.10 Å². The maximum absolute atomic E-state index is 13.8. The number of amides is 1. The maximum atomic E-state index is 13.8. The second-order valence-electron chi connectivity index (χ2n) is 7.99. The van der Waals surface area contributed by atoms with Crippen LogP contribution in [-0.4, -0.2) is 40.1 Å². The number of hydrogen-bond donors (Lipinski definition) is 1. The van der Waals surface area contributed by atoms with E-state index in [0.29, 0.717) is 5.52 Å². The molecular formula is C23H26F3N5O2. The van der Waals surface area contributed by atoms with Gasteiger partial charge in [0.1, 0.15) is 5.82 Å². The van der Waals surface area contributed by atoms with Gasteiger partial charge in [-0.25, -0.2) is 14.5 Å². The van der Waals surface area contributed by atoms with Gasteiger partial charge in [-0.05, 0) is 31.0 Å². The van der Waals surface area contributed by atoms with Crippen LogP contribution in [0.1, 0.15) is 51.2 Å². The molecule has 176 valence electrons. The minimum absolute atomic E-state index is 0.162. The topological polar surface area (TPSA) is 72.3 Å². The first-order valence-corrected chi connectivity index (χ1v) is 11.1. The molecule has 7 nitrogen and oxygen atoms in total. The molecule has 4 rings (SSSR count). The highest BCUT2D eigenvalue weighted by Gasteiger charge is 2.49. The summed E-state index contributed by atoms with van der Waals surface area (Å²) in [5.74, 6) is 0.541. The number of nitrogens with zero attached hydrogens (tertiary/aromatic N) is 4. The lowest BCUT2D eigenvalue weighted by atomic mass is 10.1. The maximum Gasteiger partial charge on any atom is 0.430 e. The summed E-state index contributed by atoms with van der Waals surface area (Å²) in [6.07, 6.45) is -2.99. The molecule has 10 heteroatoms. The molecule has 0 radical (unpaired) electrons. The summed E-state index contributed by atoms with van der Waals surface area (Å²) >= 11 is 0. The number of carbonyl (C=O) groups is 1. The fourth-order valence-corrected chi connectivity index (χ4v) is 4.14. The second-order valence-corrected chi connectivity index (χ2v) is 7.99. The Labute approximate surface area is 189 Å². The monoisotopic (exact) mass is 461 g/mol. The summed E-state index contributed by atoms with van der Waals surface area (Å²) in [7, 11) is 0. The van der Waals surface area contributed by atoms with Crippen LogP contribution in [0.15, 0.2) is 36.5 Å². The van der Waals surface area contributed by atoms with Crippen LogP contribution >= 0.6 is 0 Å². The number of cyclic esters (lactones) is 1. The van der Waals surface area contributed by atoms with Crippen LogP contribution in [0.25, 0.3) is 16.6 Å². The number of para-hydroxylation sites is 1. The van der Waals surface area contributed by atoms with Gasteiger partial charge in [-0.1, -0.05) is 38.8 Å². The van der Waals surface area contributed by atoms with Crippen LogP contribution in [0.4, 0.5) is 29.6 Å². The van der Waals surface area contributed by atoms with Crippen molar-refractivity contribution in [3.05, 3.63) is 42.1 Å². The van der Waals surface area contributed by atoms with Crippen molar-refractivity contribution < 1.29 is 22.7 Å². The molecular weight excluding hydrogens is 435 g/mol. The lowest BCUT2D eigenvalue weighted by molar-refractivity contribution is -0.206. The highest BCUT2D eigenvalue weighted by atomic mass is 19.4. The highest BCUT2D eigenvalue weighted by molar-refractivity contribution is 5.93. The zero-order valence-electron chi connectivity index (χ0n) is 18.5. The highest BCUT2D eigenvalue weighted by Crippen LogP contribution is 2.44. The predicted octanol–water partition coefficient (Wildman–Crippen LogP) is 5.99. The number of pyridine rings is 1. The van der Waals surface area contributed by atoms with Gasteiger partial charge < -0.3 is 9.64 Å². The third-order valence-electron chi connectivity index (χ3n) is 5.59. The van der Waals surface area contributed by atoms with Gasteiger partial charge in [0.15, 0.2) is 5.82 Å². The first-order valence-electron chi connectivity index (χ1n) is 11.1. The molecule has 3 aromatic rings. The van der Waals surface area contributed by atoms with Crippen LogP contribution in [0, 0.1) is 0 Å². The van der Waals surface area contributed by atoms with Crippen LogP contribution in [0.5, 0.6) is 0 Å². The molecule has 33 heavy (non-hydrogen) atoms. The Hall–Kier alpha value is -3.30. The molecule has 0 saturated heterocycles. The zero-order valence-corrected chi connectivity index (χ0v) is 18.5. The summed E-state index contributed by atoms with van der Waals surface area (Å²) in [5, 5.41) is 7.91. The quantitative estimate of drug-likeness (QED) is 0.417. The molecule has 1 aromatic carbocycles. The zero-order chi connectivity index (χ0) is 23.6. The Balaban J connectivity index is 1.89. The Morgan fingerprint density at radius 1 is 1.12 bits per heavy atom. The minimum atomic E-state index is -4.80. The number of carbonyl (C=O) groups excluding carboxylic acids is 1. The lowest BCUT2D eigenvalue weighted by Crippen LogP contribution is -2.35. The van der Waals surface area contributed by atoms with Crippen LogP contribution < -0.4 is 10.2 Å².